The number of hydrogen-bond acceptors (Lipinski definition) is 5. The fourth-order valence-corrected chi connectivity index (χ4v) is 5.87. The number of carbonyl (C=O) groups is 3. The van der Waals surface area contributed by atoms with Crippen LogP contribution in [0.3, 0.4) is 0 Å². The maximum atomic E-state index is 13.9. The highest BCUT2D eigenvalue weighted by atomic mass is 16.5. The molecule has 0 aliphatic heterocycles. The summed E-state index contributed by atoms with van der Waals surface area (Å²) in [6.45, 7) is 0.290. The van der Waals surface area contributed by atoms with E-state index in [1.807, 2.05) is 84.9 Å². The van der Waals surface area contributed by atoms with Gasteiger partial charge < -0.3 is 30.4 Å². The summed E-state index contributed by atoms with van der Waals surface area (Å²) in [6.07, 6.45) is 6.03. The molecule has 2 atom stereocenters. The first kappa shape index (κ1) is 31.3. The number of carbonyl (C=O) groups excluding carboxylic acids is 2. The van der Waals surface area contributed by atoms with Gasteiger partial charge in [0.05, 0.1) is 18.9 Å². The summed E-state index contributed by atoms with van der Waals surface area (Å²) >= 11 is 0. The van der Waals surface area contributed by atoms with E-state index in [9.17, 15) is 19.5 Å². The summed E-state index contributed by atoms with van der Waals surface area (Å²) in [5.74, 6) is 0.169. The number of imidazole rings is 1. The minimum Gasteiger partial charge on any atom is -0.489 e. The molecule has 0 spiro atoms. The second-order valence-electron chi connectivity index (χ2n) is 11.4. The number of rotatable bonds is 14. The average molecular weight is 610 g/mol. The third-order valence-corrected chi connectivity index (χ3v) is 8.11. The van der Waals surface area contributed by atoms with Gasteiger partial charge in [-0.3, -0.25) is 9.59 Å². The normalized spacial score (nSPS) is 14.3. The van der Waals surface area contributed by atoms with Gasteiger partial charge in [0.1, 0.15) is 18.4 Å². The third kappa shape index (κ3) is 9.18. The van der Waals surface area contributed by atoms with Gasteiger partial charge in [-0.1, -0.05) is 85.6 Å². The highest BCUT2D eigenvalue weighted by molar-refractivity contribution is 5.89. The van der Waals surface area contributed by atoms with Crippen LogP contribution in [0, 0.1) is 5.92 Å². The number of ether oxygens (including phenoxy) is 1. The second kappa shape index (κ2) is 15.6. The zero-order valence-corrected chi connectivity index (χ0v) is 25.1. The van der Waals surface area contributed by atoms with E-state index in [0.717, 1.165) is 42.4 Å². The first-order valence-electron chi connectivity index (χ1n) is 15.3. The summed E-state index contributed by atoms with van der Waals surface area (Å²) < 4.78 is 5.91. The molecule has 234 valence electrons. The highest BCUT2D eigenvalue weighted by Gasteiger charge is 2.31. The van der Waals surface area contributed by atoms with Crippen LogP contribution in [0.4, 0.5) is 4.79 Å². The smallest absolute Gasteiger partial charge is 0.405 e. The van der Waals surface area contributed by atoms with Crippen LogP contribution >= 0.6 is 0 Å². The molecule has 1 fully saturated rings. The van der Waals surface area contributed by atoms with Crippen LogP contribution in [0.5, 0.6) is 5.75 Å². The molecule has 45 heavy (non-hydrogen) atoms. The van der Waals surface area contributed by atoms with Crippen LogP contribution in [0.1, 0.15) is 54.1 Å². The molecule has 1 heterocycles. The highest BCUT2D eigenvalue weighted by Crippen LogP contribution is 2.35. The van der Waals surface area contributed by atoms with Gasteiger partial charge >= 0.3 is 6.09 Å². The molecule has 0 saturated heterocycles. The maximum Gasteiger partial charge on any atom is 0.405 e. The van der Waals surface area contributed by atoms with Crippen molar-refractivity contribution >= 4 is 17.9 Å². The van der Waals surface area contributed by atoms with Crippen molar-refractivity contribution in [2.45, 2.75) is 57.3 Å². The zero-order chi connectivity index (χ0) is 31.4. The van der Waals surface area contributed by atoms with Crippen LogP contribution in [-0.4, -0.2) is 50.5 Å². The summed E-state index contributed by atoms with van der Waals surface area (Å²) in [5, 5.41) is 15.1. The number of carboxylic acid groups (broad SMARTS) is 1. The van der Waals surface area contributed by atoms with Crippen molar-refractivity contribution in [2.24, 2.45) is 5.92 Å². The predicted octanol–water partition coefficient (Wildman–Crippen LogP) is 5.24. The lowest BCUT2D eigenvalue weighted by atomic mass is 9.91. The largest absolute Gasteiger partial charge is 0.489 e. The topological polar surface area (TPSA) is 137 Å². The monoisotopic (exact) mass is 609 g/mol. The van der Waals surface area contributed by atoms with E-state index >= 15 is 0 Å². The van der Waals surface area contributed by atoms with Gasteiger partial charge in [-0.25, -0.2) is 9.78 Å². The van der Waals surface area contributed by atoms with Gasteiger partial charge in [-0.2, -0.15) is 0 Å². The number of amides is 3. The molecule has 0 bridgehead atoms. The zero-order valence-electron chi connectivity index (χ0n) is 25.1. The Bertz CT molecular complexity index is 1510. The molecular weight excluding hydrogens is 570 g/mol. The molecule has 4 aromatic rings. The van der Waals surface area contributed by atoms with E-state index in [1.54, 1.807) is 6.20 Å². The number of aromatic nitrogens is 2. The Kier molecular flexibility index (Phi) is 10.8. The van der Waals surface area contributed by atoms with Crippen molar-refractivity contribution in [3.63, 3.8) is 0 Å². The van der Waals surface area contributed by atoms with Gasteiger partial charge in [-0.15, -0.1) is 0 Å². The van der Waals surface area contributed by atoms with E-state index < -0.39 is 18.0 Å². The maximum absolute atomic E-state index is 13.9. The van der Waals surface area contributed by atoms with E-state index in [-0.39, 0.29) is 31.5 Å². The number of aromatic amines is 1. The Morgan fingerprint density at radius 3 is 2.24 bits per heavy atom. The molecule has 0 radical (unpaired) electrons. The van der Waals surface area contributed by atoms with E-state index in [1.165, 1.54) is 11.2 Å². The molecule has 2 unspecified atom stereocenters. The molecular formula is C35H39N5O5. The van der Waals surface area contributed by atoms with Crippen LogP contribution in [0.15, 0.2) is 97.5 Å². The Balaban J connectivity index is 1.33. The molecule has 3 amide bonds. The summed E-state index contributed by atoms with van der Waals surface area (Å²) in [7, 11) is 0. The molecule has 1 saturated carbocycles. The van der Waals surface area contributed by atoms with Gasteiger partial charge in [0.2, 0.25) is 11.8 Å². The fourth-order valence-electron chi connectivity index (χ4n) is 5.87. The molecule has 1 aliphatic rings. The Hall–Kier alpha value is -5.12. The first-order chi connectivity index (χ1) is 21.9. The standard InChI is InChI=1S/C35H39N5O5/c41-32(39-33(28-13-7-8-14-28)27-11-5-2-6-12-27)22-40(34(42)31(38-35(43)44)19-29-20-36-24-37-29)21-25-15-17-30(18-16-25)45-23-26-9-3-1-4-10-26/h1-6,9-12,15-18,20,24,28,31,33,38H,7-8,13-14,19,21-23H2,(H,36,37)(H,39,41)(H,43,44). The number of nitrogens with one attached hydrogen (secondary N) is 3. The van der Waals surface area contributed by atoms with Crippen LogP contribution < -0.4 is 15.4 Å². The minimum absolute atomic E-state index is 0.0598. The van der Waals surface area contributed by atoms with Crippen molar-refractivity contribution in [1.82, 2.24) is 25.5 Å². The van der Waals surface area contributed by atoms with Crippen molar-refractivity contribution < 1.29 is 24.2 Å². The average Bonchev–Trinajstić information content (AvgIpc) is 3.78. The SMILES string of the molecule is O=C(O)NC(Cc1cnc[nH]1)C(=O)N(CC(=O)NC(c1ccccc1)C1CCCC1)Cc1ccc(OCc2ccccc2)cc1. The lowest BCUT2D eigenvalue weighted by molar-refractivity contribution is -0.138. The second-order valence-corrected chi connectivity index (χ2v) is 11.4. The molecule has 10 heteroatoms. The van der Waals surface area contributed by atoms with Gasteiger partial charge in [-0.05, 0) is 47.6 Å². The Morgan fingerprint density at radius 1 is 0.911 bits per heavy atom. The molecule has 4 N–H and O–H groups in total. The first-order valence-corrected chi connectivity index (χ1v) is 15.3. The number of hydrogen-bond donors (Lipinski definition) is 4. The van der Waals surface area contributed by atoms with E-state index in [2.05, 4.69) is 20.6 Å². The quantitative estimate of drug-likeness (QED) is 0.154. The van der Waals surface area contributed by atoms with Crippen molar-refractivity contribution in [3.05, 3.63) is 120 Å². The summed E-state index contributed by atoms with van der Waals surface area (Å²) in [6, 6.07) is 25.8. The molecule has 1 aliphatic carbocycles. The van der Waals surface area contributed by atoms with Crippen molar-refractivity contribution in [1.29, 1.82) is 0 Å². The van der Waals surface area contributed by atoms with Crippen molar-refractivity contribution in [3.8, 4) is 5.75 Å². The van der Waals surface area contributed by atoms with Gasteiger partial charge in [0, 0.05) is 24.9 Å². The lowest BCUT2D eigenvalue weighted by Crippen LogP contribution is -2.52. The lowest BCUT2D eigenvalue weighted by Gasteiger charge is -2.29. The van der Waals surface area contributed by atoms with Crippen molar-refractivity contribution in [2.75, 3.05) is 6.54 Å². The predicted molar refractivity (Wildman–Crippen MR) is 169 cm³/mol. The van der Waals surface area contributed by atoms with Crippen LogP contribution in [0.2, 0.25) is 0 Å². The number of nitrogens with zero attached hydrogens (tertiary/aromatic N) is 2. The third-order valence-electron chi connectivity index (χ3n) is 8.11. The summed E-state index contributed by atoms with van der Waals surface area (Å²) in [5.41, 5.74) is 3.45. The minimum atomic E-state index is -1.33. The van der Waals surface area contributed by atoms with Crippen LogP contribution in [0.25, 0.3) is 0 Å². The van der Waals surface area contributed by atoms with Gasteiger partial charge in [0.15, 0.2) is 0 Å². The van der Waals surface area contributed by atoms with Gasteiger partial charge in [0.25, 0.3) is 0 Å². The fraction of sp³-hybridized carbons (Fsp3) is 0.314. The molecule has 1 aromatic heterocycles. The molecule has 3 aromatic carbocycles. The van der Waals surface area contributed by atoms with Crippen LogP contribution in [-0.2, 0) is 29.2 Å². The van der Waals surface area contributed by atoms with E-state index in [0.29, 0.717) is 24.0 Å². The summed E-state index contributed by atoms with van der Waals surface area (Å²) in [4.78, 5) is 47.6. The Morgan fingerprint density at radius 2 is 1.60 bits per heavy atom. The number of H-pyrrole nitrogens is 1. The number of benzene rings is 3. The van der Waals surface area contributed by atoms with E-state index in [4.69, 9.17) is 4.74 Å². The molecule has 5 rings (SSSR count). The Labute approximate surface area is 262 Å². The molecule has 10 nitrogen and oxygen atoms in total.